The molecule has 1 heterocycles. The predicted molar refractivity (Wildman–Crippen MR) is 84.5 cm³/mol. The van der Waals surface area contributed by atoms with Gasteiger partial charge in [0.05, 0.1) is 0 Å². The molecule has 108 valence electrons. The van der Waals surface area contributed by atoms with Crippen LogP contribution >= 0.6 is 11.8 Å². The Morgan fingerprint density at radius 2 is 1.89 bits per heavy atom. The SMILES string of the molecule is CC(C)CNCC(C)CN1CCSC(C)(C)CC1. The molecule has 1 atom stereocenters. The second kappa shape index (κ2) is 7.76. The molecule has 0 aromatic heterocycles. The third-order valence-corrected chi connectivity index (χ3v) is 4.92. The van der Waals surface area contributed by atoms with Gasteiger partial charge in [-0.2, -0.15) is 11.8 Å². The highest BCUT2D eigenvalue weighted by atomic mass is 32.2. The quantitative estimate of drug-likeness (QED) is 0.800. The first-order chi connectivity index (χ1) is 8.39. The summed E-state index contributed by atoms with van der Waals surface area (Å²) in [5.74, 6) is 2.81. The van der Waals surface area contributed by atoms with Gasteiger partial charge >= 0.3 is 0 Å². The number of nitrogens with zero attached hydrogens (tertiary/aromatic N) is 1. The molecule has 1 fully saturated rings. The van der Waals surface area contributed by atoms with E-state index < -0.39 is 0 Å². The molecule has 0 aromatic carbocycles. The second-order valence-electron chi connectivity index (χ2n) is 6.82. The largest absolute Gasteiger partial charge is 0.316 e. The molecule has 1 aliphatic heterocycles. The van der Waals surface area contributed by atoms with Gasteiger partial charge in [0.15, 0.2) is 0 Å². The molecule has 1 N–H and O–H groups in total. The van der Waals surface area contributed by atoms with Crippen LogP contribution in [0.2, 0.25) is 0 Å². The molecule has 0 saturated carbocycles. The molecule has 0 aliphatic carbocycles. The summed E-state index contributed by atoms with van der Waals surface area (Å²) in [5, 5.41) is 3.57. The zero-order valence-corrected chi connectivity index (χ0v) is 13.8. The molecule has 0 radical (unpaired) electrons. The topological polar surface area (TPSA) is 15.3 Å². The minimum atomic E-state index is 0.480. The summed E-state index contributed by atoms with van der Waals surface area (Å²) in [6.07, 6.45) is 1.32. The van der Waals surface area contributed by atoms with Crippen molar-refractivity contribution >= 4 is 11.8 Å². The highest BCUT2D eigenvalue weighted by Crippen LogP contribution is 2.30. The van der Waals surface area contributed by atoms with Crippen LogP contribution in [0.3, 0.4) is 0 Å². The summed E-state index contributed by atoms with van der Waals surface area (Å²) < 4.78 is 0.480. The summed E-state index contributed by atoms with van der Waals surface area (Å²) in [6, 6.07) is 0. The van der Waals surface area contributed by atoms with Crippen LogP contribution in [0.25, 0.3) is 0 Å². The Kier molecular flexibility index (Phi) is 7.04. The Morgan fingerprint density at radius 3 is 2.56 bits per heavy atom. The van der Waals surface area contributed by atoms with E-state index in [1.54, 1.807) is 0 Å². The van der Waals surface area contributed by atoms with Gasteiger partial charge in [0.1, 0.15) is 0 Å². The van der Waals surface area contributed by atoms with Gasteiger partial charge in [-0.1, -0.05) is 34.6 Å². The molecule has 1 saturated heterocycles. The molecule has 18 heavy (non-hydrogen) atoms. The van der Waals surface area contributed by atoms with E-state index >= 15 is 0 Å². The minimum Gasteiger partial charge on any atom is -0.316 e. The smallest absolute Gasteiger partial charge is 0.0116 e. The number of hydrogen-bond acceptors (Lipinski definition) is 3. The first-order valence-electron chi connectivity index (χ1n) is 7.46. The van der Waals surface area contributed by atoms with Crippen LogP contribution in [0.1, 0.15) is 41.0 Å². The van der Waals surface area contributed by atoms with Crippen molar-refractivity contribution in [2.45, 2.75) is 45.8 Å². The van der Waals surface area contributed by atoms with Crippen molar-refractivity contribution in [3.05, 3.63) is 0 Å². The third kappa shape index (κ3) is 7.01. The molecule has 1 aliphatic rings. The standard InChI is InChI=1S/C15H32N2S/c1-13(2)10-16-11-14(3)12-17-7-6-15(4,5)18-9-8-17/h13-14,16H,6-12H2,1-5H3. The molecular formula is C15H32N2S. The van der Waals surface area contributed by atoms with Crippen LogP contribution in [0.4, 0.5) is 0 Å². The summed E-state index contributed by atoms with van der Waals surface area (Å²) in [4.78, 5) is 2.66. The second-order valence-corrected chi connectivity index (χ2v) is 8.62. The summed E-state index contributed by atoms with van der Waals surface area (Å²) in [6.45, 7) is 17.8. The van der Waals surface area contributed by atoms with Crippen molar-refractivity contribution in [3.63, 3.8) is 0 Å². The maximum atomic E-state index is 3.57. The number of hydrogen-bond donors (Lipinski definition) is 1. The molecule has 3 heteroatoms. The van der Waals surface area contributed by atoms with E-state index in [1.807, 2.05) is 0 Å². The van der Waals surface area contributed by atoms with Gasteiger partial charge in [0.25, 0.3) is 0 Å². The Bertz CT molecular complexity index is 229. The lowest BCUT2D eigenvalue weighted by Gasteiger charge is -2.25. The van der Waals surface area contributed by atoms with Crippen molar-refractivity contribution < 1.29 is 0 Å². The molecule has 0 spiro atoms. The zero-order chi connectivity index (χ0) is 13.6. The van der Waals surface area contributed by atoms with Gasteiger partial charge in [-0.3, -0.25) is 0 Å². The van der Waals surface area contributed by atoms with Gasteiger partial charge in [0, 0.05) is 23.6 Å². The number of thioether (sulfide) groups is 1. The van der Waals surface area contributed by atoms with E-state index in [1.165, 1.54) is 31.8 Å². The number of rotatable bonds is 6. The summed E-state index contributed by atoms with van der Waals surface area (Å²) >= 11 is 2.14. The number of nitrogens with one attached hydrogen (secondary N) is 1. The normalized spacial score (nSPS) is 23.0. The maximum Gasteiger partial charge on any atom is 0.0116 e. The van der Waals surface area contributed by atoms with Crippen LogP contribution in [0.5, 0.6) is 0 Å². The van der Waals surface area contributed by atoms with E-state index in [0.29, 0.717) is 4.75 Å². The molecular weight excluding hydrogens is 240 g/mol. The molecule has 2 nitrogen and oxygen atoms in total. The monoisotopic (exact) mass is 272 g/mol. The van der Waals surface area contributed by atoms with Crippen LogP contribution in [0.15, 0.2) is 0 Å². The van der Waals surface area contributed by atoms with Crippen molar-refractivity contribution in [3.8, 4) is 0 Å². The van der Waals surface area contributed by atoms with E-state index in [4.69, 9.17) is 0 Å². The summed E-state index contributed by atoms with van der Waals surface area (Å²) in [7, 11) is 0. The molecule has 0 aromatic rings. The molecule has 0 amide bonds. The van der Waals surface area contributed by atoms with E-state index in [2.05, 4.69) is 56.6 Å². The van der Waals surface area contributed by atoms with E-state index in [0.717, 1.165) is 24.9 Å². The van der Waals surface area contributed by atoms with Crippen LogP contribution in [0, 0.1) is 11.8 Å². The average molecular weight is 273 g/mol. The first kappa shape index (κ1) is 16.3. The molecule has 0 bridgehead atoms. The zero-order valence-electron chi connectivity index (χ0n) is 13.0. The third-order valence-electron chi connectivity index (χ3n) is 3.55. The van der Waals surface area contributed by atoms with Crippen molar-refractivity contribution in [1.82, 2.24) is 10.2 Å². The Morgan fingerprint density at radius 1 is 1.17 bits per heavy atom. The van der Waals surface area contributed by atoms with Crippen LogP contribution in [-0.2, 0) is 0 Å². The van der Waals surface area contributed by atoms with Crippen molar-refractivity contribution in [2.75, 3.05) is 38.5 Å². The Hall–Kier alpha value is 0.270. The Balaban J connectivity index is 2.21. The lowest BCUT2D eigenvalue weighted by atomic mass is 10.1. The van der Waals surface area contributed by atoms with E-state index in [9.17, 15) is 0 Å². The fourth-order valence-corrected chi connectivity index (χ4v) is 3.51. The lowest BCUT2D eigenvalue weighted by molar-refractivity contribution is 0.242. The fraction of sp³-hybridized carbons (Fsp3) is 1.00. The van der Waals surface area contributed by atoms with Gasteiger partial charge < -0.3 is 10.2 Å². The minimum absolute atomic E-state index is 0.480. The van der Waals surface area contributed by atoms with Gasteiger partial charge in [0.2, 0.25) is 0 Å². The van der Waals surface area contributed by atoms with Crippen molar-refractivity contribution in [2.24, 2.45) is 11.8 Å². The van der Waals surface area contributed by atoms with Gasteiger partial charge in [-0.25, -0.2) is 0 Å². The molecule has 1 unspecified atom stereocenters. The fourth-order valence-electron chi connectivity index (χ4n) is 2.37. The Labute approximate surface area is 118 Å². The predicted octanol–water partition coefficient (Wildman–Crippen LogP) is 3.09. The first-order valence-corrected chi connectivity index (χ1v) is 8.44. The van der Waals surface area contributed by atoms with Crippen molar-refractivity contribution in [1.29, 1.82) is 0 Å². The lowest BCUT2D eigenvalue weighted by Crippen LogP contribution is -2.36. The maximum absolute atomic E-state index is 3.57. The highest BCUT2D eigenvalue weighted by Gasteiger charge is 2.24. The van der Waals surface area contributed by atoms with Crippen LogP contribution < -0.4 is 5.32 Å². The summed E-state index contributed by atoms with van der Waals surface area (Å²) in [5.41, 5.74) is 0. The van der Waals surface area contributed by atoms with Crippen LogP contribution in [-0.4, -0.2) is 48.1 Å². The average Bonchev–Trinajstić information content (AvgIpc) is 2.40. The highest BCUT2D eigenvalue weighted by molar-refractivity contribution is 8.00. The van der Waals surface area contributed by atoms with Gasteiger partial charge in [-0.15, -0.1) is 0 Å². The van der Waals surface area contributed by atoms with E-state index in [-0.39, 0.29) is 0 Å². The van der Waals surface area contributed by atoms with Gasteiger partial charge in [-0.05, 0) is 37.9 Å². The molecule has 1 rings (SSSR count).